The van der Waals surface area contributed by atoms with Gasteiger partial charge < -0.3 is 5.11 Å². The average molecular weight is 539 g/mol. The average Bonchev–Trinajstić information content (AvgIpc) is 2.93. The van der Waals surface area contributed by atoms with Gasteiger partial charge in [-0.15, -0.1) is 0 Å². The first-order chi connectivity index (χ1) is 19.2. The van der Waals surface area contributed by atoms with Crippen molar-refractivity contribution < 1.29 is 9.90 Å². The molecule has 1 N–H and O–H groups in total. The number of allylic oxidation sites excluding steroid dienone is 12. The van der Waals surface area contributed by atoms with E-state index in [9.17, 15) is 4.79 Å². The number of rotatable bonds is 28. The number of carbonyl (C=O) groups is 1. The second kappa shape index (κ2) is 32.1. The molecule has 39 heavy (non-hydrogen) atoms. The highest BCUT2D eigenvalue weighted by Crippen LogP contribution is 2.15. The predicted octanol–water partition coefficient (Wildman–Crippen LogP) is 12.3. The third-order valence-corrected chi connectivity index (χ3v) is 7.11. The van der Waals surface area contributed by atoms with Gasteiger partial charge in [0.15, 0.2) is 0 Å². The molecule has 2 heteroatoms. The smallest absolute Gasteiger partial charge is 0.303 e. The Morgan fingerprint density at radius 2 is 0.872 bits per heavy atom. The van der Waals surface area contributed by atoms with E-state index in [0.29, 0.717) is 0 Å². The van der Waals surface area contributed by atoms with Crippen LogP contribution < -0.4 is 0 Å². The molecule has 0 aliphatic rings. The molecule has 0 saturated heterocycles. The fourth-order valence-corrected chi connectivity index (χ4v) is 4.32. The summed E-state index contributed by atoms with van der Waals surface area (Å²) in [4.78, 5) is 10.4. The summed E-state index contributed by atoms with van der Waals surface area (Å²) in [5.74, 6) is 0.215. The molecule has 0 heterocycles. The van der Waals surface area contributed by atoms with Gasteiger partial charge in [-0.05, 0) is 70.1 Å². The summed E-state index contributed by atoms with van der Waals surface area (Å²) in [6, 6.07) is 0. The Hall–Kier alpha value is -2.09. The van der Waals surface area contributed by atoms with E-state index >= 15 is 0 Å². The quantitative estimate of drug-likeness (QED) is 0.0794. The van der Waals surface area contributed by atoms with Crippen LogP contribution in [0.15, 0.2) is 72.9 Å². The highest BCUT2D eigenvalue weighted by atomic mass is 16.4. The van der Waals surface area contributed by atoms with Crippen molar-refractivity contribution >= 4 is 5.97 Å². The first-order valence-electron chi connectivity index (χ1n) is 16.3. The molecule has 0 fully saturated rings. The Kier molecular flexibility index (Phi) is 30.4. The zero-order valence-corrected chi connectivity index (χ0v) is 25.7. The number of hydrogen-bond donors (Lipinski definition) is 1. The normalized spacial score (nSPS) is 13.5. The van der Waals surface area contributed by atoms with Crippen LogP contribution in [0.2, 0.25) is 0 Å². The molecule has 0 amide bonds. The van der Waals surface area contributed by atoms with E-state index in [4.69, 9.17) is 5.11 Å². The van der Waals surface area contributed by atoms with Gasteiger partial charge in [0.2, 0.25) is 0 Å². The molecule has 0 bridgehead atoms. The summed E-state index contributed by atoms with van der Waals surface area (Å²) in [5, 5.41) is 8.59. The maximum absolute atomic E-state index is 10.4. The van der Waals surface area contributed by atoms with Crippen LogP contribution in [0.5, 0.6) is 0 Å². The summed E-state index contributed by atoms with van der Waals surface area (Å²) in [5.41, 5.74) is 0. The highest BCUT2D eigenvalue weighted by Gasteiger charge is 1.98. The van der Waals surface area contributed by atoms with Gasteiger partial charge in [0.25, 0.3) is 0 Å². The Labute approximate surface area is 243 Å². The van der Waals surface area contributed by atoms with Crippen LogP contribution in [0.1, 0.15) is 149 Å². The van der Waals surface area contributed by atoms with E-state index in [2.05, 4.69) is 86.8 Å². The molecule has 0 aliphatic heterocycles. The first kappa shape index (κ1) is 36.9. The van der Waals surface area contributed by atoms with Crippen molar-refractivity contribution in [2.75, 3.05) is 0 Å². The Morgan fingerprint density at radius 1 is 0.513 bits per heavy atom. The summed E-state index contributed by atoms with van der Waals surface area (Å²) < 4.78 is 0. The van der Waals surface area contributed by atoms with Gasteiger partial charge in [-0.1, -0.05) is 151 Å². The van der Waals surface area contributed by atoms with Crippen LogP contribution >= 0.6 is 0 Å². The van der Waals surface area contributed by atoms with Crippen molar-refractivity contribution in [1.29, 1.82) is 0 Å². The molecule has 222 valence electrons. The van der Waals surface area contributed by atoms with Crippen molar-refractivity contribution in [2.45, 2.75) is 149 Å². The topological polar surface area (TPSA) is 37.3 Å². The van der Waals surface area contributed by atoms with E-state index in [0.717, 1.165) is 57.3 Å². The van der Waals surface area contributed by atoms with Crippen LogP contribution in [-0.2, 0) is 4.79 Å². The molecule has 0 rings (SSSR count). The Bertz CT molecular complexity index is 692. The maximum atomic E-state index is 10.4. The van der Waals surface area contributed by atoms with Crippen molar-refractivity contribution in [2.24, 2.45) is 5.92 Å². The van der Waals surface area contributed by atoms with Crippen molar-refractivity contribution in [3.63, 3.8) is 0 Å². The minimum Gasteiger partial charge on any atom is -0.481 e. The predicted molar refractivity (Wildman–Crippen MR) is 174 cm³/mol. The van der Waals surface area contributed by atoms with E-state index in [1.54, 1.807) is 0 Å². The molecule has 0 aliphatic carbocycles. The molecule has 0 radical (unpaired) electrons. The molecule has 1 atom stereocenters. The number of carboxylic acids is 1. The maximum Gasteiger partial charge on any atom is 0.303 e. The molecule has 0 aromatic carbocycles. The monoisotopic (exact) mass is 538 g/mol. The lowest BCUT2D eigenvalue weighted by Gasteiger charge is -2.07. The van der Waals surface area contributed by atoms with Crippen LogP contribution in [-0.4, -0.2) is 11.1 Å². The van der Waals surface area contributed by atoms with Gasteiger partial charge >= 0.3 is 5.97 Å². The lowest BCUT2D eigenvalue weighted by Crippen LogP contribution is -1.92. The minimum absolute atomic E-state index is 0.263. The third-order valence-electron chi connectivity index (χ3n) is 7.11. The lowest BCUT2D eigenvalue weighted by atomic mass is 9.99. The number of aliphatic carboxylic acids is 1. The summed E-state index contributed by atoms with van der Waals surface area (Å²) in [6.45, 7) is 4.69. The second-order valence-electron chi connectivity index (χ2n) is 10.9. The van der Waals surface area contributed by atoms with Gasteiger partial charge in [-0.25, -0.2) is 0 Å². The second-order valence-corrected chi connectivity index (χ2v) is 10.9. The van der Waals surface area contributed by atoms with Crippen LogP contribution in [0.25, 0.3) is 0 Å². The molecule has 0 unspecified atom stereocenters. The third kappa shape index (κ3) is 33.9. The fraction of sp³-hybridized carbons (Fsp3) is 0.649. The molecule has 2 nitrogen and oxygen atoms in total. The molecule has 0 saturated carbocycles. The number of unbranched alkanes of at least 4 members (excludes halogenated alkanes) is 11. The van der Waals surface area contributed by atoms with Crippen LogP contribution in [0.4, 0.5) is 0 Å². The molecular weight excluding hydrogens is 476 g/mol. The number of hydrogen-bond acceptors (Lipinski definition) is 1. The number of carboxylic acid groups (broad SMARTS) is 1. The van der Waals surface area contributed by atoms with Gasteiger partial charge in [0, 0.05) is 6.42 Å². The molecular formula is C37H62O2. The van der Waals surface area contributed by atoms with E-state index in [1.165, 1.54) is 77.0 Å². The van der Waals surface area contributed by atoms with Crippen LogP contribution in [0, 0.1) is 5.92 Å². The zero-order valence-electron chi connectivity index (χ0n) is 25.7. The standard InChI is InChI=1S/C37H62O2/c1-3-36(2)34-32-30-28-26-24-22-20-18-16-14-12-10-8-6-4-5-7-9-11-13-15-17-19-21-23-25-27-29-31-33-35-37(38)39/h4,6-7,9-10,12-13,15,19,21,27,29,36H,3,5,8,11,14,16-18,20,22-26,28,30-35H2,1-2H3,(H,38,39)/b6-4-,9-7-,12-10-,15-13-,21-19-,29-27-/t36-/m0/s1. The fourth-order valence-electron chi connectivity index (χ4n) is 4.32. The highest BCUT2D eigenvalue weighted by molar-refractivity contribution is 5.66. The van der Waals surface area contributed by atoms with Crippen LogP contribution in [0.3, 0.4) is 0 Å². The minimum atomic E-state index is -0.708. The molecule has 0 spiro atoms. The van der Waals surface area contributed by atoms with Crippen molar-refractivity contribution in [3.05, 3.63) is 72.9 Å². The molecule has 0 aromatic rings. The SMILES string of the molecule is CC[C@H](C)CCCCCCCCCCC/C=C\C/C=C\C/C=C\C/C=C\C/C=C\CC/C=C\CCCC(=O)O. The Balaban J connectivity index is 3.41. The Morgan fingerprint density at radius 3 is 1.36 bits per heavy atom. The summed E-state index contributed by atoms with van der Waals surface area (Å²) >= 11 is 0. The lowest BCUT2D eigenvalue weighted by molar-refractivity contribution is -0.137. The van der Waals surface area contributed by atoms with Gasteiger partial charge in [-0.3, -0.25) is 4.79 Å². The largest absolute Gasteiger partial charge is 0.481 e. The van der Waals surface area contributed by atoms with E-state index in [1.807, 2.05) is 0 Å². The first-order valence-corrected chi connectivity index (χ1v) is 16.3. The van der Waals surface area contributed by atoms with E-state index < -0.39 is 5.97 Å². The van der Waals surface area contributed by atoms with Crippen molar-refractivity contribution in [1.82, 2.24) is 0 Å². The summed E-state index contributed by atoms with van der Waals surface area (Å²) in [6.07, 6.45) is 51.6. The van der Waals surface area contributed by atoms with E-state index in [-0.39, 0.29) is 6.42 Å². The van der Waals surface area contributed by atoms with Crippen molar-refractivity contribution in [3.8, 4) is 0 Å². The van der Waals surface area contributed by atoms with Gasteiger partial charge in [0.05, 0.1) is 0 Å². The zero-order chi connectivity index (χ0) is 28.5. The van der Waals surface area contributed by atoms with Gasteiger partial charge in [0.1, 0.15) is 0 Å². The van der Waals surface area contributed by atoms with Gasteiger partial charge in [-0.2, -0.15) is 0 Å². The molecule has 0 aromatic heterocycles. The summed E-state index contributed by atoms with van der Waals surface area (Å²) in [7, 11) is 0.